The van der Waals surface area contributed by atoms with E-state index in [9.17, 15) is 4.79 Å². The van der Waals surface area contributed by atoms with Gasteiger partial charge in [0.2, 0.25) is 0 Å². The van der Waals surface area contributed by atoms with E-state index in [2.05, 4.69) is 37.0 Å². The van der Waals surface area contributed by atoms with Crippen LogP contribution < -0.4 is 0 Å². The lowest BCUT2D eigenvalue weighted by atomic mass is 10.00. The van der Waals surface area contributed by atoms with Crippen LogP contribution in [0.25, 0.3) is 22.0 Å². The van der Waals surface area contributed by atoms with Crippen LogP contribution in [-0.2, 0) is 0 Å². The van der Waals surface area contributed by atoms with Crippen LogP contribution in [0.1, 0.15) is 21.6 Å². The van der Waals surface area contributed by atoms with E-state index in [1.165, 1.54) is 11.1 Å². The van der Waals surface area contributed by atoms with E-state index in [4.69, 9.17) is 5.11 Å². The minimum Gasteiger partial charge on any atom is -0.477 e. The number of aromatic nitrogens is 1. The smallest absolute Gasteiger partial charge is 0.352 e. The number of aromatic carboxylic acids is 1. The average Bonchev–Trinajstić information content (AvgIpc) is 2.85. The molecule has 3 nitrogen and oxygen atoms in total. The molecule has 3 rings (SSSR count). The third-order valence-corrected chi connectivity index (χ3v) is 3.69. The van der Waals surface area contributed by atoms with Gasteiger partial charge >= 0.3 is 5.97 Å². The summed E-state index contributed by atoms with van der Waals surface area (Å²) in [5.41, 5.74) is 5.81. The van der Waals surface area contributed by atoms with Crippen molar-refractivity contribution < 1.29 is 9.90 Å². The molecule has 0 bridgehead atoms. The van der Waals surface area contributed by atoms with Crippen LogP contribution in [0.2, 0.25) is 0 Å². The fraction of sp³-hybridized carbons (Fsp3) is 0.118. The van der Waals surface area contributed by atoms with Crippen molar-refractivity contribution in [2.24, 2.45) is 0 Å². The molecule has 0 aliphatic rings. The van der Waals surface area contributed by atoms with Gasteiger partial charge in [0.15, 0.2) is 0 Å². The SMILES string of the molecule is Cc1ccc(-c2ccc3cc(C(=O)O)[nH]c3c2)cc1C. The Labute approximate surface area is 116 Å². The first-order valence-electron chi connectivity index (χ1n) is 6.48. The summed E-state index contributed by atoms with van der Waals surface area (Å²) in [4.78, 5) is 13.9. The summed E-state index contributed by atoms with van der Waals surface area (Å²) in [5.74, 6) is -0.936. The minimum atomic E-state index is -0.936. The number of carbonyl (C=O) groups is 1. The van der Waals surface area contributed by atoms with Crippen molar-refractivity contribution in [1.29, 1.82) is 0 Å². The van der Waals surface area contributed by atoms with Gasteiger partial charge in [-0.1, -0.05) is 30.3 Å². The van der Waals surface area contributed by atoms with Crippen molar-refractivity contribution in [3.8, 4) is 11.1 Å². The fourth-order valence-electron chi connectivity index (χ4n) is 2.34. The normalized spacial score (nSPS) is 10.9. The third-order valence-electron chi connectivity index (χ3n) is 3.69. The Bertz CT molecular complexity index is 815. The van der Waals surface area contributed by atoms with Gasteiger partial charge in [0.1, 0.15) is 5.69 Å². The average molecular weight is 265 g/mol. The number of nitrogens with one attached hydrogen (secondary N) is 1. The summed E-state index contributed by atoms with van der Waals surface area (Å²) in [6.07, 6.45) is 0. The lowest BCUT2D eigenvalue weighted by molar-refractivity contribution is 0.0691. The van der Waals surface area contributed by atoms with Crippen molar-refractivity contribution in [3.05, 3.63) is 59.3 Å². The van der Waals surface area contributed by atoms with Gasteiger partial charge in [-0.2, -0.15) is 0 Å². The first-order valence-corrected chi connectivity index (χ1v) is 6.48. The van der Waals surface area contributed by atoms with Gasteiger partial charge in [0, 0.05) is 10.9 Å². The number of hydrogen-bond acceptors (Lipinski definition) is 1. The summed E-state index contributed by atoms with van der Waals surface area (Å²) in [6.45, 7) is 4.18. The predicted molar refractivity (Wildman–Crippen MR) is 80.2 cm³/mol. The number of aryl methyl sites for hydroxylation is 2. The molecule has 0 unspecified atom stereocenters. The van der Waals surface area contributed by atoms with E-state index in [-0.39, 0.29) is 5.69 Å². The molecule has 2 aromatic carbocycles. The van der Waals surface area contributed by atoms with E-state index >= 15 is 0 Å². The first kappa shape index (κ1) is 12.5. The Morgan fingerprint density at radius 2 is 1.65 bits per heavy atom. The van der Waals surface area contributed by atoms with Crippen LogP contribution in [0.3, 0.4) is 0 Å². The Kier molecular flexibility index (Phi) is 2.83. The summed E-state index contributed by atoms with van der Waals surface area (Å²) in [7, 11) is 0. The number of carboxylic acids is 1. The van der Waals surface area contributed by atoms with Gasteiger partial charge in [-0.25, -0.2) is 4.79 Å². The molecule has 0 spiro atoms. The van der Waals surface area contributed by atoms with Crippen molar-refractivity contribution in [2.75, 3.05) is 0 Å². The zero-order chi connectivity index (χ0) is 14.3. The van der Waals surface area contributed by atoms with E-state index in [1.54, 1.807) is 6.07 Å². The van der Waals surface area contributed by atoms with E-state index in [0.717, 1.165) is 22.0 Å². The van der Waals surface area contributed by atoms with Crippen LogP contribution in [0.5, 0.6) is 0 Å². The van der Waals surface area contributed by atoms with E-state index in [0.29, 0.717) is 0 Å². The molecule has 0 aliphatic carbocycles. The zero-order valence-corrected chi connectivity index (χ0v) is 11.4. The molecule has 1 heterocycles. The van der Waals surface area contributed by atoms with Crippen molar-refractivity contribution in [2.45, 2.75) is 13.8 Å². The Balaban J connectivity index is 2.12. The molecule has 2 N–H and O–H groups in total. The molecule has 0 atom stereocenters. The number of aromatic amines is 1. The Hall–Kier alpha value is -2.55. The fourth-order valence-corrected chi connectivity index (χ4v) is 2.34. The van der Waals surface area contributed by atoms with E-state index < -0.39 is 5.97 Å². The van der Waals surface area contributed by atoms with Crippen LogP contribution in [-0.4, -0.2) is 16.1 Å². The second-order valence-electron chi connectivity index (χ2n) is 5.09. The maximum Gasteiger partial charge on any atom is 0.352 e. The zero-order valence-electron chi connectivity index (χ0n) is 11.4. The summed E-state index contributed by atoms with van der Waals surface area (Å²) >= 11 is 0. The minimum absolute atomic E-state index is 0.220. The molecule has 0 aliphatic heterocycles. The molecule has 0 amide bonds. The van der Waals surface area contributed by atoms with Gasteiger partial charge < -0.3 is 10.1 Å². The summed E-state index contributed by atoms with van der Waals surface area (Å²) < 4.78 is 0. The Morgan fingerprint density at radius 3 is 2.35 bits per heavy atom. The number of H-pyrrole nitrogens is 1. The number of rotatable bonds is 2. The highest BCUT2D eigenvalue weighted by molar-refractivity contribution is 5.95. The molecule has 0 radical (unpaired) electrons. The molecule has 3 heteroatoms. The highest BCUT2D eigenvalue weighted by Crippen LogP contribution is 2.26. The summed E-state index contributed by atoms with van der Waals surface area (Å²) in [6, 6.07) is 14.0. The number of carboxylic acid groups (broad SMARTS) is 1. The second-order valence-corrected chi connectivity index (χ2v) is 5.09. The molecule has 0 saturated heterocycles. The Morgan fingerprint density at radius 1 is 0.950 bits per heavy atom. The van der Waals surface area contributed by atoms with Crippen molar-refractivity contribution >= 4 is 16.9 Å². The molecule has 100 valence electrons. The van der Waals surface area contributed by atoms with Gasteiger partial charge in [-0.15, -0.1) is 0 Å². The lowest BCUT2D eigenvalue weighted by Gasteiger charge is -2.05. The number of fused-ring (bicyclic) bond motifs is 1. The van der Waals surface area contributed by atoms with Gasteiger partial charge in [-0.05, 0) is 48.2 Å². The third kappa shape index (κ3) is 2.07. The molecule has 0 fully saturated rings. The van der Waals surface area contributed by atoms with Gasteiger partial charge in [-0.3, -0.25) is 0 Å². The highest BCUT2D eigenvalue weighted by Gasteiger charge is 2.08. The van der Waals surface area contributed by atoms with Gasteiger partial charge in [0.25, 0.3) is 0 Å². The molecular weight excluding hydrogens is 250 g/mol. The molecular formula is C17H15NO2. The second kappa shape index (κ2) is 4.53. The lowest BCUT2D eigenvalue weighted by Crippen LogP contribution is -1.94. The largest absolute Gasteiger partial charge is 0.477 e. The van der Waals surface area contributed by atoms with Crippen LogP contribution >= 0.6 is 0 Å². The van der Waals surface area contributed by atoms with Gasteiger partial charge in [0.05, 0.1) is 0 Å². The number of benzene rings is 2. The van der Waals surface area contributed by atoms with Crippen LogP contribution in [0.15, 0.2) is 42.5 Å². The van der Waals surface area contributed by atoms with Crippen molar-refractivity contribution in [1.82, 2.24) is 4.98 Å². The van der Waals surface area contributed by atoms with Crippen LogP contribution in [0, 0.1) is 13.8 Å². The first-order chi connectivity index (χ1) is 9.54. The standard InChI is InChI=1S/C17H15NO2/c1-10-3-4-12(7-11(10)2)13-5-6-14-9-16(17(19)20)18-15(14)8-13/h3-9,18H,1-2H3,(H,19,20). The summed E-state index contributed by atoms with van der Waals surface area (Å²) in [5, 5.41) is 9.92. The molecule has 20 heavy (non-hydrogen) atoms. The number of hydrogen-bond donors (Lipinski definition) is 2. The monoisotopic (exact) mass is 265 g/mol. The maximum absolute atomic E-state index is 11.0. The molecule has 1 aromatic heterocycles. The molecule has 0 saturated carbocycles. The maximum atomic E-state index is 11.0. The quantitative estimate of drug-likeness (QED) is 0.731. The molecule has 3 aromatic rings. The van der Waals surface area contributed by atoms with Crippen molar-refractivity contribution in [3.63, 3.8) is 0 Å². The highest BCUT2D eigenvalue weighted by atomic mass is 16.4. The van der Waals surface area contributed by atoms with E-state index in [1.807, 2.05) is 18.2 Å². The van der Waals surface area contributed by atoms with Crippen LogP contribution in [0.4, 0.5) is 0 Å². The predicted octanol–water partition coefficient (Wildman–Crippen LogP) is 4.15. The topological polar surface area (TPSA) is 53.1 Å².